The molecule has 0 aromatic heterocycles. The van der Waals surface area contributed by atoms with Crippen molar-refractivity contribution >= 4 is 12.0 Å². The predicted molar refractivity (Wildman–Crippen MR) is 79.5 cm³/mol. The van der Waals surface area contributed by atoms with Gasteiger partial charge in [0.05, 0.1) is 0 Å². The van der Waals surface area contributed by atoms with Crippen molar-refractivity contribution < 1.29 is 13.6 Å². The summed E-state index contributed by atoms with van der Waals surface area (Å²) >= 11 is 0. The Morgan fingerprint density at radius 2 is 2.05 bits per heavy atom. The van der Waals surface area contributed by atoms with Gasteiger partial charge in [0.2, 0.25) is 0 Å². The second kappa shape index (κ2) is 7.17. The van der Waals surface area contributed by atoms with Crippen LogP contribution < -0.4 is 5.32 Å². The van der Waals surface area contributed by atoms with Gasteiger partial charge < -0.3 is 5.32 Å². The lowest BCUT2D eigenvalue weighted by atomic mass is 9.86. The Labute approximate surface area is 128 Å². The standard InChI is InChI=1S/C17H18F2N2O/c1-11-4-2-3-5-16(11)21-17(22)13(10-20)8-12-6-7-14(18)15(19)9-12/h6-9,11,16H,2-5H2,1H3,(H,21,22)/b13-8+. The summed E-state index contributed by atoms with van der Waals surface area (Å²) in [5, 5.41) is 12.0. The molecule has 5 heteroatoms. The molecular formula is C17H18F2N2O. The number of hydrogen-bond donors (Lipinski definition) is 1. The summed E-state index contributed by atoms with van der Waals surface area (Å²) in [5.74, 6) is -2.06. The quantitative estimate of drug-likeness (QED) is 0.685. The van der Waals surface area contributed by atoms with Crippen molar-refractivity contribution in [3.05, 3.63) is 41.0 Å². The minimum Gasteiger partial charge on any atom is -0.348 e. The van der Waals surface area contributed by atoms with Crippen LogP contribution in [0.25, 0.3) is 6.08 Å². The Bertz CT molecular complexity index is 634. The van der Waals surface area contributed by atoms with Crippen molar-refractivity contribution in [3.8, 4) is 6.07 Å². The largest absolute Gasteiger partial charge is 0.348 e. The molecule has 0 heterocycles. The maximum Gasteiger partial charge on any atom is 0.262 e. The van der Waals surface area contributed by atoms with Crippen molar-refractivity contribution in [1.29, 1.82) is 5.26 Å². The van der Waals surface area contributed by atoms with Crippen LogP contribution in [-0.2, 0) is 4.79 Å². The molecular weight excluding hydrogens is 286 g/mol. The molecule has 2 atom stereocenters. The lowest BCUT2D eigenvalue weighted by Gasteiger charge is -2.29. The van der Waals surface area contributed by atoms with Crippen LogP contribution in [0, 0.1) is 28.9 Å². The summed E-state index contributed by atoms with van der Waals surface area (Å²) in [4.78, 5) is 12.2. The van der Waals surface area contributed by atoms with Crippen molar-refractivity contribution in [1.82, 2.24) is 5.32 Å². The smallest absolute Gasteiger partial charge is 0.262 e. The monoisotopic (exact) mass is 304 g/mol. The van der Waals surface area contributed by atoms with E-state index in [1.807, 2.05) is 6.07 Å². The van der Waals surface area contributed by atoms with Gasteiger partial charge in [-0.15, -0.1) is 0 Å². The third-order valence-corrected chi connectivity index (χ3v) is 4.05. The van der Waals surface area contributed by atoms with Crippen molar-refractivity contribution in [3.63, 3.8) is 0 Å². The van der Waals surface area contributed by atoms with E-state index in [1.165, 1.54) is 12.1 Å². The molecule has 0 spiro atoms. The molecule has 0 aliphatic heterocycles. The van der Waals surface area contributed by atoms with E-state index >= 15 is 0 Å². The Kier molecular flexibility index (Phi) is 5.26. The second-order valence-electron chi connectivity index (χ2n) is 5.69. The van der Waals surface area contributed by atoms with Gasteiger partial charge in [-0.1, -0.05) is 25.8 Å². The van der Waals surface area contributed by atoms with Gasteiger partial charge in [-0.3, -0.25) is 4.79 Å². The number of benzene rings is 1. The summed E-state index contributed by atoms with van der Waals surface area (Å²) in [6.07, 6.45) is 5.44. The first-order valence-electron chi connectivity index (χ1n) is 7.39. The van der Waals surface area contributed by atoms with Crippen molar-refractivity contribution in [2.24, 2.45) is 5.92 Å². The number of amides is 1. The Morgan fingerprint density at radius 3 is 2.68 bits per heavy atom. The van der Waals surface area contributed by atoms with E-state index in [9.17, 15) is 13.6 Å². The molecule has 0 saturated heterocycles. The number of hydrogen-bond acceptors (Lipinski definition) is 2. The molecule has 2 rings (SSSR count). The third kappa shape index (κ3) is 3.91. The average Bonchev–Trinajstić information content (AvgIpc) is 2.50. The van der Waals surface area contributed by atoms with E-state index < -0.39 is 17.5 Å². The van der Waals surface area contributed by atoms with Crippen LogP contribution in [0.5, 0.6) is 0 Å². The molecule has 0 radical (unpaired) electrons. The van der Waals surface area contributed by atoms with Crippen LogP contribution in [0.4, 0.5) is 8.78 Å². The van der Waals surface area contributed by atoms with Crippen LogP contribution in [0.15, 0.2) is 23.8 Å². The number of nitrogens with one attached hydrogen (secondary N) is 1. The average molecular weight is 304 g/mol. The first-order valence-corrected chi connectivity index (χ1v) is 7.39. The number of rotatable bonds is 3. The molecule has 1 aromatic carbocycles. The van der Waals surface area contributed by atoms with Crippen LogP contribution in [0.1, 0.15) is 38.2 Å². The minimum atomic E-state index is -1.01. The molecule has 1 aliphatic carbocycles. The fraction of sp³-hybridized carbons (Fsp3) is 0.412. The zero-order chi connectivity index (χ0) is 16.1. The fourth-order valence-corrected chi connectivity index (χ4v) is 2.69. The molecule has 1 saturated carbocycles. The molecule has 1 amide bonds. The van der Waals surface area contributed by atoms with E-state index in [0.29, 0.717) is 5.92 Å². The van der Waals surface area contributed by atoms with Crippen molar-refractivity contribution in [2.75, 3.05) is 0 Å². The van der Waals surface area contributed by atoms with Gasteiger partial charge in [0.1, 0.15) is 11.6 Å². The van der Waals surface area contributed by atoms with Crippen LogP contribution in [0.2, 0.25) is 0 Å². The van der Waals surface area contributed by atoms with Crippen LogP contribution in [-0.4, -0.2) is 11.9 Å². The predicted octanol–water partition coefficient (Wildman–Crippen LogP) is 3.57. The van der Waals surface area contributed by atoms with Crippen LogP contribution in [0.3, 0.4) is 0 Å². The Morgan fingerprint density at radius 1 is 1.32 bits per heavy atom. The summed E-state index contributed by atoms with van der Waals surface area (Å²) in [5.41, 5.74) is 0.172. The highest BCUT2D eigenvalue weighted by molar-refractivity contribution is 6.01. The van der Waals surface area contributed by atoms with Gasteiger partial charge in [0, 0.05) is 6.04 Å². The summed E-state index contributed by atoms with van der Waals surface area (Å²) in [6, 6.07) is 5.14. The third-order valence-electron chi connectivity index (χ3n) is 4.05. The number of nitriles is 1. The summed E-state index contributed by atoms with van der Waals surface area (Å²) < 4.78 is 26.1. The Hall–Kier alpha value is -2.22. The molecule has 2 unspecified atom stereocenters. The summed E-state index contributed by atoms with van der Waals surface area (Å²) in [6.45, 7) is 2.08. The number of carbonyl (C=O) groups is 1. The first-order chi connectivity index (χ1) is 10.5. The zero-order valence-electron chi connectivity index (χ0n) is 12.4. The van der Waals surface area contributed by atoms with Gasteiger partial charge in [0.15, 0.2) is 11.6 Å². The fourth-order valence-electron chi connectivity index (χ4n) is 2.69. The van der Waals surface area contributed by atoms with E-state index in [1.54, 1.807) is 0 Å². The highest BCUT2D eigenvalue weighted by atomic mass is 19.2. The van der Waals surface area contributed by atoms with Gasteiger partial charge in [0.25, 0.3) is 5.91 Å². The molecule has 1 aromatic rings. The molecule has 1 aliphatic rings. The van der Waals surface area contributed by atoms with E-state index in [0.717, 1.165) is 37.8 Å². The van der Waals surface area contributed by atoms with Gasteiger partial charge in [-0.05, 0) is 42.5 Å². The highest BCUT2D eigenvalue weighted by Gasteiger charge is 2.24. The van der Waals surface area contributed by atoms with E-state index in [2.05, 4.69) is 12.2 Å². The lowest BCUT2D eigenvalue weighted by Crippen LogP contribution is -2.41. The molecule has 22 heavy (non-hydrogen) atoms. The molecule has 1 N–H and O–H groups in total. The number of halogens is 2. The number of carbonyl (C=O) groups excluding carboxylic acids is 1. The maximum absolute atomic E-state index is 13.2. The second-order valence-corrected chi connectivity index (χ2v) is 5.69. The van der Waals surface area contributed by atoms with Crippen molar-refractivity contribution in [2.45, 2.75) is 38.6 Å². The van der Waals surface area contributed by atoms with Gasteiger partial charge in [-0.2, -0.15) is 5.26 Å². The zero-order valence-corrected chi connectivity index (χ0v) is 12.4. The molecule has 3 nitrogen and oxygen atoms in total. The minimum absolute atomic E-state index is 0.0583. The maximum atomic E-state index is 13.2. The molecule has 0 bridgehead atoms. The number of nitrogens with zero attached hydrogens (tertiary/aromatic N) is 1. The van der Waals surface area contributed by atoms with Crippen LogP contribution >= 0.6 is 0 Å². The SMILES string of the molecule is CC1CCCCC1NC(=O)/C(C#N)=C/c1ccc(F)c(F)c1. The topological polar surface area (TPSA) is 52.9 Å². The van der Waals surface area contributed by atoms with Gasteiger partial charge >= 0.3 is 0 Å². The molecule has 116 valence electrons. The highest BCUT2D eigenvalue weighted by Crippen LogP contribution is 2.24. The lowest BCUT2D eigenvalue weighted by molar-refractivity contribution is -0.118. The van der Waals surface area contributed by atoms with E-state index in [-0.39, 0.29) is 17.2 Å². The normalized spacial score (nSPS) is 22.0. The van der Waals surface area contributed by atoms with Gasteiger partial charge in [-0.25, -0.2) is 8.78 Å². The van der Waals surface area contributed by atoms with E-state index in [4.69, 9.17) is 5.26 Å². The first kappa shape index (κ1) is 16.2. The summed E-state index contributed by atoms with van der Waals surface area (Å²) in [7, 11) is 0. The Balaban J connectivity index is 2.13. The molecule has 1 fully saturated rings.